The minimum absolute atomic E-state index is 0.349. The van der Waals surface area contributed by atoms with E-state index in [1.165, 1.54) is 0 Å². The van der Waals surface area contributed by atoms with E-state index in [1.54, 1.807) is 41.5 Å². The third-order valence-corrected chi connectivity index (χ3v) is 9.85. The number of hydrogen-bond acceptors (Lipinski definition) is 4. The second kappa shape index (κ2) is 6.29. The van der Waals surface area contributed by atoms with Crippen LogP contribution in [0.2, 0.25) is 0 Å². The van der Waals surface area contributed by atoms with E-state index in [0.717, 1.165) is 0 Å². The molecule has 0 fully saturated rings. The van der Waals surface area contributed by atoms with Gasteiger partial charge in [0.1, 0.15) is 0 Å². The van der Waals surface area contributed by atoms with Gasteiger partial charge in [-0.05, 0) is 25.7 Å². The molecule has 0 aromatic carbocycles. The van der Waals surface area contributed by atoms with E-state index in [1.807, 2.05) is 0 Å². The van der Waals surface area contributed by atoms with Gasteiger partial charge in [-0.1, -0.05) is 41.5 Å². The molecule has 0 aliphatic rings. The summed E-state index contributed by atoms with van der Waals surface area (Å²) < 4.78 is 56.3. The van der Waals surface area contributed by atoms with Gasteiger partial charge in [0.25, 0.3) is 10.1 Å². The van der Waals surface area contributed by atoms with Crippen molar-refractivity contribution in [1.82, 2.24) is 0 Å². The molecule has 0 saturated heterocycles. The van der Waals surface area contributed by atoms with Crippen LogP contribution >= 0.6 is 7.68 Å². The fourth-order valence-electron chi connectivity index (χ4n) is 3.34. The van der Waals surface area contributed by atoms with Crippen molar-refractivity contribution in [3.63, 3.8) is 0 Å². The molecule has 0 heterocycles. The first-order valence-corrected chi connectivity index (χ1v) is 9.67. The summed E-state index contributed by atoms with van der Waals surface area (Å²) in [5, 5.41) is 0. The zero-order valence-corrected chi connectivity index (χ0v) is 15.0. The van der Waals surface area contributed by atoms with Gasteiger partial charge >= 0.3 is 7.68 Å². The Morgan fingerprint density at radius 3 is 1.20 bits per heavy atom. The zero-order chi connectivity index (χ0) is 16.4. The molecule has 0 rings (SSSR count). The highest BCUT2D eigenvalue weighted by molar-refractivity contribution is 7.92. The summed E-state index contributed by atoms with van der Waals surface area (Å²) in [4.78, 5) is 0. The molecule has 20 heavy (non-hydrogen) atoms. The number of rotatable bonds is 8. The monoisotopic (exact) mass is 326 g/mol. The minimum Gasteiger partial charge on any atom is -0.284 e. The topological polar surface area (TPSA) is 88.5 Å². The van der Waals surface area contributed by atoms with E-state index in [-0.39, 0.29) is 0 Å². The summed E-state index contributed by atoms with van der Waals surface area (Å²) >= 11 is 0. The SMILES string of the molecule is CCC(C)(CC)C(P(=O)=O)(C(C)(CC)CC)S(=O)(=O)O. The lowest BCUT2D eigenvalue weighted by molar-refractivity contribution is 0.104. The second-order valence-electron chi connectivity index (χ2n) is 5.91. The van der Waals surface area contributed by atoms with Gasteiger partial charge in [-0.25, -0.2) is 9.13 Å². The van der Waals surface area contributed by atoms with Crippen molar-refractivity contribution in [3.8, 4) is 0 Å². The van der Waals surface area contributed by atoms with Crippen LogP contribution in [-0.2, 0) is 19.2 Å². The molecule has 0 spiro atoms. The largest absolute Gasteiger partial charge is 0.341 e. The van der Waals surface area contributed by atoms with Crippen LogP contribution in [0, 0.1) is 10.8 Å². The van der Waals surface area contributed by atoms with Crippen LogP contribution in [0.4, 0.5) is 0 Å². The molecule has 0 bridgehead atoms. The van der Waals surface area contributed by atoms with Gasteiger partial charge in [-0.15, -0.1) is 0 Å². The average Bonchev–Trinajstić information content (AvgIpc) is 2.36. The Labute approximate surface area is 123 Å². The van der Waals surface area contributed by atoms with Crippen LogP contribution in [0.15, 0.2) is 0 Å². The molecule has 0 aromatic heterocycles. The molecule has 0 atom stereocenters. The van der Waals surface area contributed by atoms with Gasteiger partial charge < -0.3 is 0 Å². The van der Waals surface area contributed by atoms with Gasteiger partial charge in [-0.2, -0.15) is 8.42 Å². The molecular weight excluding hydrogens is 299 g/mol. The highest BCUT2D eigenvalue weighted by atomic mass is 32.2. The molecule has 120 valence electrons. The fourth-order valence-corrected chi connectivity index (χ4v) is 7.44. The standard InChI is InChI=1S/C13H27O5PS/c1-7-11(5,8-2)13(19(14)15,20(16,17)18)12(6,9-3)10-4/h7-10H2,1-6H3,(H,16,17,18). The third-order valence-electron chi connectivity index (χ3n) is 5.39. The Morgan fingerprint density at radius 2 is 1.10 bits per heavy atom. The minimum atomic E-state index is -4.79. The first-order chi connectivity index (χ1) is 8.94. The molecule has 0 amide bonds. The van der Waals surface area contributed by atoms with E-state index in [2.05, 4.69) is 0 Å². The summed E-state index contributed by atoms with van der Waals surface area (Å²) in [6, 6.07) is 0. The van der Waals surface area contributed by atoms with Crippen molar-refractivity contribution < 1.29 is 22.1 Å². The Bertz CT molecular complexity index is 473. The van der Waals surface area contributed by atoms with Gasteiger partial charge in [0.15, 0.2) is 0 Å². The maximum atomic E-state index is 12.2. The highest BCUT2D eigenvalue weighted by Gasteiger charge is 2.68. The average molecular weight is 326 g/mol. The van der Waals surface area contributed by atoms with Gasteiger partial charge in [0, 0.05) is 10.8 Å². The van der Waals surface area contributed by atoms with Crippen molar-refractivity contribution in [2.45, 2.75) is 71.7 Å². The molecule has 5 nitrogen and oxygen atoms in total. The Morgan fingerprint density at radius 1 is 0.850 bits per heavy atom. The number of hydrogen-bond donors (Lipinski definition) is 1. The van der Waals surface area contributed by atoms with Crippen molar-refractivity contribution in [2.24, 2.45) is 10.8 Å². The van der Waals surface area contributed by atoms with Gasteiger partial charge in [-0.3, -0.25) is 4.55 Å². The molecule has 0 saturated carbocycles. The van der Waals surface area contributed by atoms with E-state index in [9.17, 15) is 22.1 Å². The summed E-state index contributed by atoms with van der Waals surface area (Å²) in [6.07, 6.45) is 1.40. The molecule has 0 radical (unpaired) electrons. The highest BCUT2D eigenvalue weighted by Crippen LogP contribution is 2.63. The normalized spacial score (nSPS) is 14.3. The molecule has 7 heteroatoms. The van der Waals surface area contributed by atoms with Crippen LogP contribution in [0.1, 0.15) is 67.2 Å². The van der Waals surface area contributed by atoms with Crippen molar-refractivity contribution in [3.05, 3.63) is 0 Å². The summed E-state index contributed by atoms with van der Waals surface area (Å²) in [5.41, 5.74) is -2.09. The molecule has 0 aromatic rings. The van der Waals surface area contributed by atoms with Crippen LogP contribution < -0.4 is 0 Å². The van der Waals surface area contributed by atoms with Gasteiger partial charge in [0.05, 0.1) is 0 Å². The van der Waals surface area contributed by atoms with Crippen molar-refractivity contribution in [1.29, 1.82) is 0 Å². The first-order valence-electron chi connectivity index (χ1n) is 7.05. The first kappa shape index (κ1) is 19.8. The molecule has 1 N–H and O–H groups in total. The van der Waals surface area contributed by atoms with Crippen molar-refractivity contribution in [2.75, 3.05) is 0 Å². The lowest BCUT2D eigenvalue weighted by Gasteiger charge is -2.50. The maximum Gasteiger partial charge on any atom is 0.341 e. The van der Waals surface area contributed by atoms with Crippen molar-refractivity contribution >= 4 is 17.8 Å². The quantitative estimate of drug-likeness (QED) is 0.527. The third kappa shape index (κ3) is 2.51. The zero-order valence-electron chi connectivity index (χ0n) is 13.3. The Kier molecular flexibility index (Phi) is 6.23. The molecule has 0 aliphatic carbocycles. The molecule has 0 aliphatic heterocycles. The lowest BCUT2D eigenvalue weighted by atomic mass is 9.66. The smallest absolute Gasteiger partial charge is 0.284 e. The predicted molar refractivity (Wildman–Crippen MR) is 80.0 cm³/mol. The summed E-state index contributed by atoms with van der Waals surface area (Å²) in [5.74, 6) is 0. The predicted octanol–water partition coefficient (Wildman–Crippen LogP) is 4.40. The second-order valence-corrected chi connectivity index (χ2v) is 8.96. The van der Waals surface area contributed by atoms with Crippen LogP contribution in [0.3, 0.4) is 0 Å². The maximum absolute atomic E-state index is 12.2. The molecule has 0 unspecified atom stereocenters. The Balaban J connectivity index is 6.94. The Hall–Kier alpha value is -0.190. The van der Waals surface area contributed by atoms with Crippen LogP contribution in [0.5, 0.6) is 0 Å². The van der Waals surface area contributed by atoms with E-state index >= 15 is 0 Å². The summed E-state index contributed by atoms with van der Waals surface area (Å²) in [7, 11) is -8.16. The fraction of sp³-hybridized carbons (Fsp3) is 1.00. The van der Waals surface area contributed by atoms with E-state index < -0.39 is 33.1 Å². The van der Waals surface area contributed by atoms with E-state index in [0.29, 0.717) is 25.7 Å². The van der Waals surface area contributed by atoms with Crippen LogP contribution in [0.25, 0.3) is 0 Å². The summed E-state index contributed by atoms with van der Waals surface area (Å²) in [6.45, 7) is 10.3. The van der Waals surface area contributed by atoms with Crippen LogP contribution in [-0.4, -0.2) is 17.5 Å². The lowest BCUT2D eigenvalue weighted by Crippen LogP contribution is -2.58. The molecular formula is C13H27O5PS. The van der Waals surface area contributed by atoms with Gasteiger partial charge in [0.2, 0.25) is 4.49 Å². The van der Waals surface area contributed by atoms with E-state index in [4.69, 9.17) is 0 Å².